The largest absolute Gasteiger partial charge is 0.410 e. The number of hydrogen-bond donors (Lipinski definition) is 2. The minimum Gasteiger partial charge on any atom is -0.410 e. The molecule has 0 aliphatic heterocycles. The zero-order chi connectivity index (χ0) is 18.1. The van der Waals surface area contributed by atoms with Gasteiger partial charge in [0.15, 0.2) is 37.9 Å². The number of thioether (sulfide) groups is 2. The predicted molar refractivity (Wildman–Crippen MR) is 102 cm³/mol. The second kappa shape index (κ2) is 10.0. The molecule has 2 aromatic rings. The Balaban J connectivity index is 1.88. The molecule has 25 heavy (non-hydrogen) atoms. The highest BCUT2D eigenvalue weighted by molar-refractivity contribution is 8.14. The Bertz CT molecular complexity index is 668. The minimum atomic E-state index is 0.610. The third-order valence-corrected chi connectivity index (χ3v) is 5.09. The molecule has 132 valence electrons. The Morgan fingerprint density at radius 2 is 1.16 bits per heavy atom. The third-order valence-electron chi connectivity index (χ3n) is 3.68. The Hall–Kier alpha value is -2.06. The van der Waals surface area contributed by atoms with Gasteiger partial charge in [-0.05, 0) is 12.5 Å². The molecular formula is C17H22N4O2S2+2. The number of hydrogen-bond acceptors (Lipinski definition) is 6. The van der Waals surface area contributed by atoms with Crippen molar-refractivity contribution in [1.29, 1.82) is 0 Å². The van der Waals surface area contributed by atoms with Gasteiger partial charge in [0, 0.05) is 35.4 Å². The van der Waals surface area contributed by atoms with Crippen LogP contribution in [-0.4, -0.2) is 33.0 Å². The van der Waals surface area contributed by atoms with E-state index in [4.69, 9.17) is 10.4 Å². The first-order valence-electron chi connectivity index (χ1n) is 7.73. The van der Waals surface area contributed by atoms with Crippen molar-refractivity contribution in [2.45, 2.75) is 19.5 Å². The van der Waals surface area contributed by atoms with E-state index in [0.29, 0.717) is 10.1 Å². The van der Waals surface area contributed by atoms with Gasteiger partial charge in [-0.1, -0.05) is 10.3 Å². The van der Waals surface area contributed by atoms with Crippen LogP contribution in [0.1, 0.15) is 17.5 Å². The molecule has 2 rings (SSSR count). The van der Waals surface area contributed by atoms with E-state index in [-0.39, 0.29) is 0 Å². The van der Waals surface area contributed by atoms with E-state index >= 15 is 0 Å². The lowest BCUT2D eigenvalue weighted by Crippen LogP contribution is -2.38. The smallest absolute Gasteiger partial charge is 0.169 e. The molecule has 6 nitrogen and oxygen atoms in total. The number of pyridine rings is 2. The molecule has 0 unspecified atom stereocenters. The van der Waals surface area contributed by atoms with Gasteiger partial charge in [-0.25, -0.2) is 9.13 Å². The molecule has 0 saturated carbocycles. The molecule has 0 radical (unpaired) electrons. The highest BCUT2D eigenvalue weighted by Crippen LogP contribution is 2.09. The molecule has 0 saturated heterocycles. The second-order valence-electron chi connectivity index (χ2n) is 5.22. The van der Waals surface area contributed by atoms with Gasteiger partial charge in [-0.3, -0.25) is 0 Å². The molecule has 0 fully saturated rings. The number of rotatable bonds is 6. The zero-order valence-corrected chi connectivity index (χ0v) is 15.9. The lowest BCUT2D eigenvalue weighted by molar-refractivity contribution is -0.726. The Labute approximate surface area is 155 Å². The number of nitrogens with zero attached hydrogens (tertiary/aromatic N) is 4. The van der Waals surface area contributed by atoms with Crippen molar-refractivity contribution in [3.05, 3.63) is 60.2 Å². The summed E-state index contributed by atoms with van der Waals surface area (Å²) in [4.78, 5) is 0. The molecule has 0 aliphatic carbocycles. The maximum Gasteiger partial charge on any atom is 0.169 e. The van der Waals surface area contributed by atoms with E-state index in [0.717, 1.165) is 30.6 Å². The maximum absolute atomic E-state index is 8.94. The van der Waals surface area contributed by atoms with Gasteiger partial charge in [-0.2, -0.15) is 0 Å². The van der Waals surface area contributed by atoms with Crippen LogP contribution in [-0.2, 0) is 13.1 Å². The molecule has 2 N–H and O–H groups in total. The summed E-state index contributed by atoms with van der Waals surface area (Å²) in [5.74, 6) is 0. The summed E-state index contributed by atoms with van der Waals surface area (Å²) < 4.78 is 4.22. The molecule has 0 spiro atoms. The Morgan fingerprint density at radius 1 is 0.800 bits per heavy atom. The van der Waals surface area contributed by atoms with Gasteiger partial charge in [0.2, 0.25) is 0 Å². The molecular weight excluding hydrogens is 356 g/mol. The molecule has 0 amide bonds. The third kappa shape index (κ3) is 5.47. The summed E-state index contributed by atoms with van der Waals surface area (Å²) in [6, 6.07) is 7.80. The van der Waals surface area contributed by atoms with Crippen molar-refractivity contribution in [3.63, 3.8) is 0 Å². The fourth-order valence-electron chi connectivity index (χ4n) is 2.37. The van der Waals surface area contributed by atoms with E-state index in [2.05, 4.69) is 19.4 Å². The zero-order valence-electron chi connectivity index (χ0n) is 14.2. The van der Waals surface area contributed by atoms with Gasteiger partial charge >= 0.3 is 0 Å². The standard InChI is InChI=1S/C17H20N4O2S2/c1-24-16(18-22)14-4-10-20(11-5-14)8-3-9-21-12-6-15(7-13-21)17(19-23)25-2/h4-7,10-13H,3,8-9H2,1-2H3/p+2. The monoisotopic (exact) mass is 378 g/mol. The van der Waals surface area contributed by atoms with Crippen LogP contribution in [0.4, 0.5) is 0 Å². The average molecular weight is 379 g/mol. The van der Waals surface area contributed by atoms with E-state index in [1.165, 1.54) is 23.5 Å². The summed E-state index contributed by atoms with van der Waals surface area (Å²) >= 11 is 2.82. The molecule has 8 heteroatoms. The molecule has 0 bridgehead atoms. The lowest BCUT2D eigenvalue weighted by Gasteiger charge is -2.01. The van der Waals surface area contributed by atoms with Crippen LogP contribution in [0.25, 0.3) is 0 Å². The van der Waals surface area contributed by atoms with Crippen LogP contribution in [0.2, 0.25) is 0 Å². The second-order valence-corrected chi connectivity index (χ2v) is 6.81. The highest BCUT2D eigenvalue weighted by Gasteiger charge is 2.09. The van der Waals surface area contributed by atoms with Gasteiger partial charge in [0.1, 0.15) is 10.1 Å². The minimum absolute atomic E-state index is 0.610. The van der Waals surface area contributed by atoms with Crippen LogP contribution in [0.15, 0.2) is 59.4 Å². The first kappa shape index (κ1) is 19.3. The first-order valence-corrected chi connectivity index (χ1v) is 10.2. The van der Waals surface area contributed by atoms with E-state index in [1.54, 1.807) is 0 Å². The van der Waals surface area contributed by atoms with Gasteiger partial charge in [-0.15, -0.1) is 23.5 Å². The number of oxime groups is 2. The van der Waals surface area contributed by atoms with Crippen LogP contribution in [0.3, 0.4) is 0 Å². The quantitative estimate of drug-likeness (QED) is 0.266. The topological polar surface area (TPSA) is 72.9 Å². The van der Waals surface area contributed by atoms with E-state index in [9.17, 15) is 0 Å². The van der Waals surface area contributed by atoms with Crippen LogP contribution in [0, 0.1) is 0 Å². The van der Waals surface area contributed by atoms with E-state index in [1.807, 2.05) is 61.6 Å². The van der Waals surface area contributed by atoms with Crippen LogP contribution in [0.5, 0.6) is 0 Å². The van der Waals surface area contributed by atoms with Crippen molar-refractivity contribution in [3.8, 4) is 0 Å². The first-order chi connectivity index (χ1) is 12.2. The average Bonchev–Trinajstić information content (AvgIpc) is 2.66. The van der Waals surface area contributed by atoms with Crippen molar-refractivity contribution < 1.29 is 19.5 Å². The van der Waals surface area contributed by atoms with Crippen molar-refractivity contribution in [1.82, 2.24) is 0 Å². The molecule has 0 atom stereocenters. The summed E-state index contributed by atoms with van der Waals surface area (Å²) in [5.41, 5.74) is 1.82. The fourth-order valence-corrected chi connectivity index (χ4v) is 3.27. The predicted octanol–water partition coefficient (Wildman–Crippen LogP) is 2.35. The number of aromatic nitrogens is 2. The summed E-state index contributed by atoms with van der Waals surface area (Å²) in [5, 5.41) is 25.7. The van der Waals surface area contributed by atoms with Crippen molar-refractivity contribution >= 4 is 33.6 Å². The SMILES string of the molecule is CS/C(=N/O)c1cc[n+](CCC[n+]2ccc(/C(=N\O)SC)cc2)cc1. The van der Waals surface area contributed by atoms with E-state index < -0.39 is 0 Å². The van der Waals surface area contributed by atoms with Gasteiger partial charge in [0.25, 0.3) is 0 Å². The van der Waals surface area contributed by atoms with Crippen molar-refractivity contribution in [2.24, 2.45) is 10.3 Å². The molecule has 2 heterocycles. The number of aryl methyl sites for hydroxylation is 2. The van der Waals surface area contributed by atoms with Crippen molar-refractivity contribution in [2.75, 3.05) is 12.5 Å². The normalized spacial score (nSPS) is 12.4. The van der Waals surface area contributed by atoms with Gasteiger partial charge < -0.3 is 10.4 Å². The molecule has 0 aliphatic rings. The summed E-state index contributed by atoms with van der Waals surface area (Å²) in [6.45, 7) is 1.79. The van der Waals surface area contributed by atoms with Crippen LogP contribution < -0.4 is 9.13 Å². The molecule has 2 aromatic heterocycles. The molecule has 0 aromatic carbocycles. The fraction of sp³-hybridized carbons (Fsp3) is 0.294. The Kier molecular flexibility index (Phi) is 7.75. The lowest BCUT2D eigenvalue weighted by atomic mass is 10.2. The van der Waals surface area contributed by atoms with Gasteiger partial charge in [0.05, 0.1) is 6.42 Å². The maximum atomic E-state index is 8.94. The Morgan fingerprint density at radius 3 is 1.44 bits per heavy atom. The van der Waals surface area contributed by atoms with Crippen LogP contribution >= 0.6 is 23.5 Å². The summed E-state index contributed by atoms with van der Waals surface area (Å²) in [6.07, 6.45) is 12.7. The summed E-state index contributed by atoms with van der Waals surface area (Å²) in [7, 11) is 0. The highest BCUT2D eigenvalue weighted by atomic mass is 32.2.